The van der Waals surface area contributed by atoms with Crippen LogP contribution in [0.3, 0.4) is 0 Å². The molecule has 0 atom stereocenters. The number of aliphatic imine (C=N–C) groups is 1. The summed E-state index contributed by atoms with van der Waals surface area (Å²) in [7, 11) is 0. The Balaban J connectivity index is 1.74. The zero-order valence-electron chi connectivity index (χ0n) is 12.8. The number of rotatable bonds is 3. The predicted octanol–water partition coefficient (Wildman–Crippen LogP) is 5.53. The van der Waals surface area contributed by atoms with Gasteiger partial charge < -0.3 is 0 Å². The summed E-state index contributed by atoms with van der Waals surface area (Å²) in [4.78, 5) is 18.5. The largest absolute Gasteiger partial charge is 0.285 e. The molecule has 1 heterocycles. The number of amidine groups is 1. The molecule has 1 aliphatic heterocycles. The van der Waals surface area contributed by atoms with Crippen LogP contribution in [0.25, 0.3) is 0 Å². The first kappa shape index (κ1) is 18.5. The minimum Gasteiger partial charge on any atom is -0.285 e. The second kappa shape index (κ2) is 7.96. The molecule has 130 valence electrons. The Bertz CT molecular complexity index is 840. The summed E-state index contributed by atoms with van der Waals surface area (Å²) in [5.74, 6) is -0.566. The Labute approximate surface area is 163 Å². The normalized spacial score (nSPS) is 13.9. The van der Waals surface area contributed by atoms with E-state index in [1.54, 1.807) is 12.1 Å². The van der Waals surface area contributed by atoms with Gasteiger partial charge in [-0.05, 0) is 29.8 Å². The molecule has 0 saturated heterocycles. The van der Waals surface area contributed by atoms with Gasteiger partial charge in [-0.2, -0.15) is 0 Å². The van der Waals surface area contributed by atoms with Crippen molar-refractivity contribution >= 4 is 57.6 Å². The first-order chi connectivity index (χ1) is 12.0. The lowest BCUT2D eigenvalue weighted by molar-refractivity contribution is 0.0856. The van der Waals surface area contributed by atoms with Gasteiger partial charge in [0.15, 0.2) is 5.17 Å². The number of nitrogens with zero attached hydrogens (tertiary/aromatic N) is 2. The Kier molecular flexibility index (Phi) is 5.89. The van der Waals surface area contributed by atoms with E-state index in [-0.39, 0.29) is 10.6 Å². The Morgan fingerprint density at radius 2 is 1.96 bits per heavy atom. The first-order valence-electron chi connectivity index (χ1n) is 7.34. The molecule has 0 bridgehead atoms. The molecule has 3 nitrogen and oxygen atoms in total. The molecular weight excluding hydrogens is 406 g/mol. The average Bonchev–Trinajstić information content (AvgIpc) is 3.04. The standard InChI is InChI=1S/C17H12Cl3FN2OS/c18-11-5-4-10(8-13(11)20)9-25-17-22-6-7-23(17)16(24)15-12(19)2-1-3-14(15)21/h1-5,8H,6-7,9H2. The van der Waals surface area contributed by atoms with E-state index < -0.39 is 11.7 Å². The van der Waals surface area contributed by atoms with E-state index in [1.807, 2.05) is 6.07 Å². The van der Waals surface area contributed by atoms with Gasteiger partial charge in [-0.1, -0.05) is 58.7 Å². The van der Waals surface area contributed by atoms with E-state index in [1.165, 1.54) is 34.9 Å². The molecule has 0 unspecified atom stereocenters. The fourth-order valence-corrected chi connectivity index (χ4v) is 3.91. The zero-order chi connectivity index (χ0) is 18.0. The summed E-state index contributed by atoms with van der Waals surface area (Å²) in [6, 6.07) is 9.52. The van der Waals surface area contributed by atoms with Crippen LogP contribution in [0, 0.1) is 5.82 Å². The van der Waals surface area contributed by atoms with E-state index in [9.17, 15) is 9.18 Å². The van der Waals surface area contributed by atoms with Gasteiger partial charge >= 0.3 is 0 Å². The molecule has 1 aliphatic rings. The SMILES string of the molecule is O=C(c1c(F)cccc1Cl)N1CCN=C1SCc1ccc(Cl)c(Cl)c1. The summed E-state index contributed by atoms with van der Waals surface area (Å²) in [5.41, 5.74) is 0.819. The van der Waals surface area contributed by atoms with Gasteiger partial charge in [-0.3, -0.25) is 14.7 Å². The number of carbonyl (C=O) groups is 1. The van der Waals surface area contributed by atoms with Gasteiger partial charge in [0.2, 0.25) is 0 Å². The molecule has 0 saturated carbocycles. The van der Waals surface area contributed by atoms with E-state index in [0.29, 0.717) is 34.1 Å². The van der Waals surface area contributed by atoms with Crippen LogP contribution < -0.4 is 0 Å². The van der Waals surface area contributed by atoms with E-state index >= 15 is 0 Å². The fourth-order valence-electron chi connectivity index (χ4n) is 2.35. The van der Waals surface area contributed by atoms with Crippen LogP contribution in [0.1, 0.15) is 15.9 Å². The molecule has 2 aromatic rings. The highest BCUT2D eigenvalue weighted by Gasteiger charge is 2.28. The molecule has 0 fully saturated rings. The van der Waals surface area contributed by atoms with Crippen molar-refractivity contribution in [2.45, 2.75) is 5.75 Å². The quantitative estimate of drug-likeness (QED) is 0.657. The molecule has 1 amide bonds. The van der Waals surface area contributed by atoms with Crippen molar-refractivity contribution < 1.29 is 9.18 Å². The summed E-state index contributed by atoms with van der Waals surface area (Å²) in [5, 5.41) is 1.58. The lowest BCUT2D eigenvalue weighted by Gasteiger charge is -2.19. The van der Waals surface area contributed by atoms with Crippen LogP contribution in [0.4, 0.5) is 4.39 Å². The Hall–Kier alpha value is -1.27. The van der Waals surface area contributed by atoms with Crippen molar-refractivity contribution in [3.05, 3.63) is 68.4 Å². The molecule has 0 aliphatic carbocycles. The van der Waals surface area contributed by atoms with E-state index in [2.05, 4.69) is 4.99 Å². The molecule has 0 radical (unpaired) electrons. The van der Waals surface area contributed by atoms with Crippen LogP contribution in [-0.2, 0) is 5.75 Å². The summed E-state index contributed by atoms with van der Waals surface area (Å²) in [6.07, 6.45) is 0. The van der Waals surface area contributed by atoms with Crippen molar-refractivity contribution in [3.8, 4) is 0 Å². The number of halogens is 4. The average molecular weight is 418 g/mol. The number of carbonyl (C=O) groups excluding carboxylic acids is 1. The molecule has 2 aromatic carbocycles. The maximum Gasteiger partial charge on any atom is 0.264 e. The second-order valence-corrected chi connectivity index (χ2v) is 7.42. The second-order valence-electron chi connectivity index (χ2n) is 5.25. The highest BCUT2D eigenvalue weighted by molar-refractivity contribution is 8.13. The van der Waals surface area contributed by atoms with Crippen molar-refractivity contribution in [1.29, 1.82) is 0 Å². The Morgan fingerprint density at radius 3 is 2.68 bits per heavy atom. The maximum atomic E-state index is 14.0. The first-order valence-corrected chi connectivity index (χ1v) is 9.46. The van der Waals surface area contributed by atoms with Gasteiger partial charge in [0, 0.05) is 12.3 Å². The maximum absolute atomic E-state index is 14.0. The van der Waals surface area contributed by atoms with Crippen LogP contribution in [0.15, 0.2) is 41.4 Å². The minimum absolute atomic E-state index is 0.0886. The lowest BCUT2D eigenvalue weighted by Crippen LogP contribution is -2.33. The van der Waals surface area contributed by atoms with Crippen molar-refractivity contribution in [1.82, 2.24) is 4.90 Å². The third-order valence-corrected chi connectivity index (χ3v) is 5.71. The summed E-state index contributed by atoms with van der Waals surface area (Å²) in [6.45, 7) is 0.870. The van der Waals surface area contributed by atoms with Gasteiger partial charge in [0.1, 0.15) is 5.82 Å². The highest BCUT2D eigenvalue weighted by Crippen LogP contribution is 2.28. The Morgan fingerprint density at radius 1 is 1.16 bits per heavy atom. The number of thioether (sulfide) groups is 1. The van der Waals surface area contributed by atoms with Gasteiger partial charge in [-0.25, -0.2) is 4.39 Å². The van der Waals surface area contributed by atoms with Crippen molar-refractivity contribution in [3.63, 3.8) is 0 Å². The van der Waals surface area contributed by atoms with Crippen LogP contribution in [0.5, 0.6) is 0 Å². The fraction of sp³-hybridized carbons (Fsp3) is 0.176. The lowest BCUT2D eigenvalue weighted by atomic mass is 10.2. The van der Waals surface area contributed by atoms with Gasteiger partial charge in [-0.15, -0.1) is 0 Å². The molecule has 8 heteroatoms. The third kappa shape index (κ3) is 4.11. The molecule has 0 spiro atoms. The molecule has 25 heavy (non-hydrogen) atoms. The van der Waals surface area contributed by atoms with Gasteiger partial charge in [0.05, 0.1) is 27.2 Å². The summed E-state index contributed by atoms with van der Waals surface area (Å²) >= 11 is 19.3. The van der Waals surface area contributed by atoms with Crippen LogP contribution in [-0.4, -0.2) is 29.1 Å². The molecule has 0 N–H and O–H groups in total. The topological polar surface area (TPSA) is 32.7 Å². The number of amides is 1. The number of hydrogen-bond donors (Lipinski definition) is 0. The predicted molar refractivity (Wildman–Crippen MR) is 103 cm³/mol. The monoisotopic (exact) mass is 416 g/mol. The van der Waals surface area contributed by atoms with E-state index in [0.717, 1.165) is 5.56 Å². The van der Waals surface area contributed by atoms with E-state index in [4.69, 9.17) is 34.8 Å². The van der Waals surface area contributed by atoms with Gasteiger partial charge in [0.25, 0.3) is 5.91 Å². The molecule has 0 aromatic heterocycles. The minimum atomic E-state index is -0.641. The highest BCUT2D eigenvalue weighted by atomic mass is 35.5. The smallest absolute Gasteiger partial charge is 0.264 e. The van der Waals surface area contributed by atoms with Crippen LogP contribution >= 0.6 is 46.6 Å². The molecule has 3 rings (SSSR count). The van der Waals surface area contributed by atoms with Crippen molar-refractivity contribution in [2.24, 2.45) is 4.99 Å². The zero-order valence-corrected chi connectivity index (χ0v) is 15.9. The van der Waals surface area contributed by atoms with Crippen LogP contribution in [0.2, 0.25) is 15.1 Å². The number of hydrogen-bond acceptors (Lipinski definition) is 3. The molecular formula is C17H12Cl3FN2OS. The number of benzene rings is 2. The summed E-state index contributed by atoms with van der Waals surface area (Å²) < 4.78 is 14.0. The third-order valence-electron chi connectivity index (χ3n) is 3.58. The van der Waals surface area contributed by atoms with Crippen molar-refractivity contribution in [2.75, 3.05) is 13.1 Å².